The minimum atomic E-state index is -0.447. The number of aromatic nitrogens is 3. The minimum Gasteiger partial charge on any atom is -0.462 e. The van der Waals surface area contributed by atoms with Crippen molar-refractivity contribution in [2.75, 3.05) is 11.9 Å². The van der Waals surface area contributed by atoms with Crippen LogP contribution in [0.5, 0.6) is 0 Å². The standard InChI is InChI=1S/C18H18N4O3S/c1-4-25-18(24)15-11(2)12(3)26-17(15)20-16(23)14-10-19-22(21-14)13-8-6-5-7-9-13/h5-10H,4H2,1-3H3,(H,20,23). The Labute approximate surface area is 154 Å². The van der Waals surface area contributed by atoms with Crippen molar-refractivity contribution in [2.45, 2.75) is 20.8 Å². The van der Waals surface area contributed by atoms with E-state index in [9.17, 15) is 9.59 Å². The molecule has 0 radical (unpaired) electrons. The van der Waals surface area contributed by atoms with Gasteiger partial charge in [0.2, 0.25) is 0 Å². The summed E-state index contributed by atoms with van der Waals surface area (Å²) in [4.78, 5) is 27.1. The van der Waals surface area contributed by atoms with Gasteiger partial charge in [-0.3, -0.25) is 4.79 Å². The van der Waals surface area contributed by atoms with Crippen molar-refractivity contribution in [3.8, 4) is 5.69 Å². The Morgan fingerprint density at radius 1 is 1.23 bits per heavy atom. The first-order valence-corrected chi connectivity index (χ1v) is 8.89. The zero-order valence-corrected chi connectivity index (χ0v) is 15.5. The third kappa shape index (κ3) is 3.50. The van der Waals surface area contributed by atoms with E-state index in [-0.39, 0.29) is 12.3 Å². The second kappa shape index (κ2) is 7.49. The molecule has 1 amide bonds. The van der Waals surface area contributed by atoms with Crippen molar-refractivity contribution in [1.82, 2.24) is 15.0 Å². The lowest BCUT2D eigenvalue weighted by Crippen LogP contribution is -2.15. The molecule has 26 heavy (non-hydrogen) atoms. The van der Waals surface area contributed by atoms with Gasteiger partial charge in [-0.05, 0) is 38.5 Å². The van der Waals surface area contributed by atoms with Crippen molar-refractivity contribution < 1.29 is 14.3 Å². The number of rotatable bonds is 5. The summed E-state index contributed by atoms with van der Waals surface area (Å²) in [5.41, 5.74) is 2.10. The summed E-state index contributed by atoms with van der Waals surface area (Å²) in [7, 11) is 0. The van der Waals surface area contributed by atoms with E-state index < -0.39 is 11.9 Å². The average molecular weight is 370 g/mol. The van der Waals surface area contributed by atoms with Crippen LogP contribution in [0.4, 0.5) is 5.00 Å². The number of nitrogens with one attached hydrogen (secondary N) is 1. The molecule has 0 bridgehead atoms. The fraction of sp³-hybridized carbons (Fsp3) is 0.222. The van der Waals surface area contributed by atoms with Crippen molar-refractivity contribution in [2.24, 2.45) is 0 Å². The molecule has 0 aliphatic heterocycles. The second-order valence-electron chi connectivity index (χ2n) is 5.52. The van der Waals surface area contributed by atoms with Crippen LogP contribution < -0.4 is 5.32 Å². The van der Waals surface area contributed by atoms with Gasteiger partial charge >= 0.3 is 5.97 Å². The number of carbonyl (C=O) groups excluding carboxylic acids is 2. The number of amides is 1. The van der Waals surface area contributed by atoms with Gasteiger partial charge in [-0.1, -0.05) is 18.2 Å². The van der Waals surface area contributed by atoms with E-state index in [4.69, 9.17) is 4.74 Å². The Morgan fingerprint density at radius 3 is 2.65 bits per heavy atom. The molecule has 0 fully saturated rings. The van der Waals surface area contributed by atoms with Crippen LogP contribution in [0.3, 0.4) is 0 Å². The molecule has 0 unspecified atom stereocenters. The first-order chi connectivity index (χ1) is 12.5. The SMILES string of the molecule is CCOC(=O)c1c(NC(=O)c2cnn(-c3ccccc3)n2)sc(C)c1C. The Hall–Kier alpha value is -3.00. The third-order valence-corrected chi connectivity index (χ3v) is 4.93. The van der Waals surface area contributed by atoms with E-state index in [0.29, 0.717) is 10.6 Å². The molecule has 0 aliphatic rings. The number of carbonyl (C=O) groups is 2. The highest BCUT2D eigenvalue weighted by molar-refractivity contribution is 7.16. The number of hydrogen-bond acceptors (Lipinski definition) is 6. The fourth-order valence-corrected chi connectivity index (χ4v) is 3.43. The fourth-order valence-electron chi connectivity index (χ4n) is 2.38. The van der Waals surface area contributed by atoms with Crippen molar-refractivity contribution in [3.63, 3.8) is 0 Å². The molecule has 3 rings (SSSR count). The number of anilines is 1. The lowest BCUT2D eigenvalue weighted by Gasteiger charge is -2.06. The van der Waals surface area contributed by atoms with Crippen LogP contribution >= 0.6 is 11.3 Å². The number of ether oxygens (including phenoxy) is 1. The van der Waals surface area contributed by atoms with Crippen LogP contribution in [-0.4, -0.2) is 33.5 Å². The molecule has 1 aromatic carbocycles. The Bertz CT molecular complexity index is 947. The average Bonchev–Trinajstić information content (AvgIpc) is 3.22. The molecular formula is C18H18N4O3S. The summed E-state index contributed by atoms with van der Waals surface area (Å²) in [6, 6.07) is 9.29. The van der Waals surface area contributed by atoms with Gasteiger partial charge in [-0.15, -0.1) is 16.4 Å². The molecule has 0 atom stereocenters. The van der Waals surface area contributed by atoms with Gasteiger partial charge in [-0.2, -0.15) is 9.90 Å². The van der Waals surface area contributed by atoms with E-state index >= 15 is 0 Å². The first-order valence-electron chi connectivity index (χ1n) is 8.07. The number of thiophene rings is 1. The lowest BCUT2D eigenvalue weighted by atomic mass is 10.1. The largest absolute Gasteiger partial charge is 0.462 e. The van der Waals surface area contributed by atoms with Crippen LogP contribution in [0.15, 0.2) is 36.5 Å². The minimum absolute atomic E-state index is 0.160. The van der Waals surface area contributed by atoms with Gasteiger partial charge in [0, 0.05) is 4.88 Å². The summed E-state index contributed by atoms with van der Waals surface area (Å²) in [6.45, 7) is 5.74. The van der Waals surface area contributed by atoms with Crippen molar-refractivity contribution >= 4 is 28.2 Å². The number of benzene rings is 1. The summed E-state index contributed by atoms with van der Waals surface area (Å²) >= 11 is 1.33. The molecule has 2 heterocycles. The maximum atomic E-state index is 12.5. The molecular weight excluding hydrogens is 352 g/mol. The van der Waals surface area contributed by atoms with E-state index in [0.717, 1.165) is 16.1 Å². The second-order valence-corrected chi connectivity index (χ2v) is 6.74. The van der Waals surface area contributed by atoms with Crippen LogP contribution in [-0.2, 0) is 4.74 Å². The highest BCUT2D eigenvalue weighted by Crippen LogP contribution is 2.33. The quantitative estimate of drug-likeness (QED) is 0.696. The van der Waals surface area contributed by atoms with Crippen molar-refractivity contribution in [3.05, 3.63) is 58.2 Å². The number of hydrogen-bond donors (Lipinski definition) is 1. The van der Waals surface area contributed by atoms with Gasteiger partial charge in [0.15, 0.2) is 5.69 Å². The third-order valence-electron chi connectivity index (χ3n) is 3.80. The van der Waals surface area contributed by atoms with Gasteiger partial charge in [0.05, 0.1) is 24.1 Å². The monoisotopic (exact) mass is 370 g/mol. The van der Waals surface area contributed by atoms with Gasteiger partial charge in [0.25, 0.3) is 5.91 Å². The van der Waals surface area contributed by atoms with Crippen LogP contribution in [0, 0.1) is 13.8 Å². The molecule has 134 valence electrons. The van der Waals surface area contributed by atoms with E-state index in [1.54, 1.807) is 6.92 Å². The molecule has 0 spiro atoms. The lowest BCUT2D eigenvalue weighted by molar-refractivity contribution is 0.0527. The predicted octanol–water partition coefficient (Wildman–Crippen LogP) is 3.37. The van der Waals surface area contributed by atoms with E-state index in [1.165, 1.54) is 22.3 Å². The predicted molar refractivity (Wildman–Crippen MR) is 99.1 cm³/mol. The highest BCUT2D eigenvalue weighted by Gasteiger charge is 2.23. The molecule has 2 aromatic heterocycles. The van der Waals surface area contributed by atoms with Crippen molar-refractivity contribution in [1.29, 1.82) is 0 Å². The normalized spacial score (nSPS) is 10.6. The van der Waals surface area contributed by atoms with Crippen LogP contribution in [0.1, 0.15) is 38.2 Å². The van der Waals surface area contributed by atoms with E-state index in [1.807, 2.05) is 44.2 Å². The van der Waals surface area contributed by atoms with Crippen LogP contribution in [0.2, 0.25) is 0 Å². The Morgan fingerprint density at radius 2 is 1.96 bits per heavy atom. The summed E-state index contributed by atoms with van der Waals surface area (Å²) in [5, 5.41) is 11.5. The molecule has 8 heteroatoms. The zero-order chi connectivity index (χ0) is 18.7. The van der Waals surface area contributed by atoms with Crippen LogP contribution in [0.25, 0.3) is 5.69 Å². The summed E-state index contributed by atoms with van der Waals surface area (Å²) < 4.78 is 5.10. The maximum Gasteiger partial charge on any atom is 0.341 e. The molecule has 0 saturated heterocycles. The molecule has 1 N–H and O–H groups in total. The van der Waals surface area contributed by atoms with E-state index in [2.05, 4.69) is 15.5 Å². The maximum absolute atomic E-state index is 12.5. The van der Waals surface area contributed by atoms with Gasteiger partial charge in [-0.25, -0.2) is 4.79 Å². The molecule has 0 aliphatic carbocycles. The molecule has 0 saturated carbocycles. The van der Waals surface area contributed by atoms with Gasteiger partial charge < -0.3 is 10.1 Å². The number of para-hydroxylation sites is 1. The summed E-state index contributed by atoms with van der Waals surface area (Å²) in [5.74, 6) is -0.878. The first kappa shape index (κ1) is 17.8. The Balaban J connectivity index is 1.84. The molecule has 7 nitrogen and oxygen atoms in total. The van der Waals surface area contributed by atoms with Gasteiger partial charge in [0.1, 0.15) is 5.00 Å². The number of nitrogens with zero attached hydrogens (tertiary/aromatic N) is 3. The smallest absolute Gasteiger partial charge is 0.341 e. The zero-order valence-electron chi connectivity index (χ0n) is 14.6. The highest BCUT2D eigenvalue weighted by atomic mass is 32.1. The topological polar surface area (TPSA) is 86.1 Å². The molecule has 3 aromatic rings. The summed E-state index contributed by atoms with van der Waals surface area (Å²) in [6.07, 6.45) is 1.39. The Kier molecular flexibility index (Phi) is 5.13. The number of aryl methyl sites for hydroxylation is 1. The number of esters is 1.